The Labute approximate surface area is 230 Å². The van der Waals surface area contributed by atoms with Gasteiger partial charge in [0.2, 0.25) is 0 Å². The highest BCUT2D eigenvalue weighted by atomic mass is 16.6. The van der Waals surface area contributed by atoms with E-state index >= 15 is 0 Å². The number of ketones is 1. The Morgan fingerprint density at radius 2 is 1.85 bits per heavy atom. The van der Waals surface area contributed by atoms with E-state index in [2.05, 4.69) is 11.5 Å². The van der Waals surface area contributed by atoms with Crippen LogP contribution in [0.5, 0.6) is 0 Å². The predicted molar refractivity (Wildman–Crippen MR) is 141 cm³/mol. The quantitative estimate of drug-likeness (QED) is 0.357. The van der Waals surface area contributed by atoms with Gasteiger partial charge in [0.1, 0.15) is 5.60 Å². The third-order valence-electron chi connectivity index (χ3n) is 9.47. The fraction of sp³-hybridized carbons (Fsp3) is 0.759. The third kappa shape index (κ3) is 4.88. The Hall–Kier alpha value is -2.11. The first-order valence-electron chi connectivity index (χ1n) is 13.8. The van der Waals surface area contributed by atoms with Gasteiger partial charge in [-0.05, 0) is 45.1 Å². The predicted octanol–water partition coefficient (Wildman–Crippen LogP) is 1.71. The molecule has 0 aromatic carbocycles. The molecule has 6 atom stereocenters. The summed E-state index contributed by atoms with van der Waals surface area (Å²) < 4.78 is 22.7. The molecule has 2 aliphatic heterocycles. The molecular formula is C29H43NO9. The molecule has 3 fully saturated rings. The van der Waals surface area contributed by atoms with E-state index in [0.717, 1.165) is 13.1 Å². The molecule has 0 spiro atoms. The molecule has 0 amide bonds. The van der Waals surface area contributed by atoms with Gasteiger partial charge in [0, 0.05) is 26.1 Å². The van der Waals surface area contributed by atoms with E-state index in [1.54, 1.807) is 19.9 Å². The zero-order valence-electron chi connectivity index (χ0n) is 23.8. The lowest BCUT2D eigenvalue weighted by atomic mass is 9.44. The van der Waals surface area contributed by atoms with Gasteiger partial charge < -0.3 is 29.2 Å². The molecule has 0 radical (unpaired) electrons. The number of carbonyl (C=O) groups is 3. The summed E-state index contributed by atoms with van der Waals surface area (Å²) in [6.07, 6.45) is 1.95. The lowest BCUT2D eigenvalue weighted by Gasteiger charge is -2.66. The van der Waals surface area contributed by atoms with E-state index in [0.29, 0.717) is 38.2 Å². The maximum Gasteiger partial charge on any atom is 0.344 e. The molecular weight excluding hydrogens is 506 g/mol. The van der Waals surface area contributed by atoms with Crippen LogP contribution in [0.25, 0.3) is 0 Å². The van der Waals surface area contributed by atoms with Crippen LogP contribution in [0.15, 0.2) is 24.3 Å². The van der Waals surface area contributed by atoms with Crippen molar-refractivity contribution in [3.8, 4) is 0 Å². The maximum atomic E-state index is 13.9. The summed E-state index contributed by atoms with van der Waals surface area (Å²) in [7, 11) is 0. The SMILES string of the molecule is C=C[C@@]1(C)CC(=O)[C@@]2(O)[C@](C)(O1)[C@@H](OC(=O)COC(=O)CCN1CCOCC1)C=C1C(C)(C)CC[C@H](O)[C@@]12C. The average Bonchev–Trinajstić information content (AvgIpc) is 2.88. The van der Waals surface area contributed by atoms with Crippen LogP contribution in [-0.2, 0) is 33.3 Å². The monoisotopic (exact) mass is 549 g/mol. The molecule has 4 rings (SSSR count). The Morgan fingerprint density at radius 3 is 2.49 bits per heavy atom. The van der Waals surface area contributed by atoms with Crippen LogP contribution in [0.3, 0.4) is 0 Å². The summed E-state index contributed by atoms with van der Waals surface area (Å²) in [6.45, 7) is 15.3. The summed E-state index contributed by atoms with van der Waals surface area (Å²) >= 11 is 0. The van der Waals surface area contributed by atoms with E-state index in [1.807, 2.05) is 13.8 Å². The third-order valence-corrected chi connectivity index (χ3v) is 9.47. The van der Waals surface area contributed by atoms with Crippen LogP contribution in [-0.4, -0.2) is 101 Å². The number of nitrogens with zero attached hydrogens (tertiary/aromatic N) is 1. The van der Waals surface area contributed by atoms with Crippen molar-refractivity contribution in [3.63, 3.8) is 0 Å². The number of fused-ring (bicyclic) bond motifs is 3. The first kappa shape index (κ1) is 29.9. The largest absolute Gasteiger partial charge is 0.454 e. The number of carbonyl (C=O) groups excluding carboxylic acids is 3. The van der Waals surface area contributed by atoms with E-state index in [9.17, 15) is 24.6 Å². The first-order valence-corrected chi connectivity index (χ1v) is 13.8. The van der Waals surface area contributed by atoms with Gasteiger partial charge in [-0.15, -0.1) is 6.58 Å². The standard InChI is InChI=1S/C29H43NO9/c1-7-26(4)17-21(32)29(35)27(5)19(25(2,3)10-8-20(27)31)16-22(28(29,6)39-26)38-24(34)18-37-23(33)9-11-30-12-14-36-15-13-30/h7,16,20,22,31,35H,1,8-15,17-18H2,2-6H3/t20-,22-,26-,27+,28+,29-/m0/s1. The molecule has 0 aromatic rings. The zero-order valence-corrected chi connectivity index (χ0v) is 23.8. The Morgan fingerprint density at radius 1 is 1.18 bits per heavy atom. The fourth-order valence-electron chi connectivity index (χ4n) is 7.06. The van der Waals surface area contributed by atoms with Gasteiger partial charge in [0.05, 0.1) is 36.8 Å². The summed E-state index contributed by atoms with van der Waals surface area (Å²) in [5, 5.41) is 23.7. The summed E-state index contributed by atoms with van der Waals surface area (Å²) in [5.74, 6) is -1.88. The second kappa shape index (κ2) is 10.4. The topological polar surface area (TPSA) is 132 Å². The fourth-order valence-corrected chi connectivity index (χ4v) is 7.06. The summed E-state index contributed by atoms with van der Waals surface area (Å²) in [6, 6.07) is 0. The maximum absolute atomic E-state index is 13.9. The normalized spacial score (nSPS) is 40.1. The number of rotatable bonds is 7. The Balaban J connectivity index is 1.59. The van der Waals surface area contributed by atoms with Crippen LogP contribution >= 0.6 is 0 Å². The molecule has 2 aliphatic carbocycles. The highest BCUT2D eigenvalue weighted by molar-refractivity contribution is 5.93. The molecule has 0 bridgehead atoms. The van der Waals surface area contributed by atoms with Crippen molar-refractivity contribution in [2.75, 3.05) is 39.5 Å². The minimum absolute atomic E-state index is 0.123. The number of hydrogen-bond donors (Lipinski definition) is 2. The highest BCUT2D eigenvalue weighted by Gasteiger charge is 2.76. The van der Waals surface area contributed by atoms with Crippen LogP contribution in [0.2, 0.25) is 0 Å². The number of morpholine rings is 1. The summed E-state index contributed by atoms with van der Waals surface area (Å²) in [5.41, 5.74) is -6.34. The smallest absolute Gasteiger partial charge is 0.344 e. The molecule has 0 aromatic heterocycles. The van der Waals surface area contributed by atoms with Crippen molar-refractivity contribution in [1.29, 1.82) is 0 Å². The van der Waals surface area contributed by atoms with Gasteiger partial charge in [-0.2, -0.15) is 0 Å². The van der Waals surface area contributed by atoms with Crippen molar-refractivity contribution in [3.05, 3.63) is 24.3 Å². The lowest BCUT2D eigenvalue weighted by Crippen LogP contribution is -2.81. The molecule has 218 valence electrons. The van der Waals surface area contributed by atoms with E-state index in [-0.39, 0.29) is 12.8 Å². The molecule has 0 unspecified atom stereocenters. The minimum atomic E-state index is -2.20. The molecule has 4 aliphatic rings. The van der Waals surface area contributed by atoms with Gasteiger partial charge in [0.25, 0.3) is 0 Å². The van der Waals surface area contributed by atoms with Gasteiger partial charge in [0.15, 0.2) is 24.1 Å². The van der Waals surface area contributed by atoms with E-state index < -0.39 is 64.2 Å². The van der Waals surface area contributed by atoms with Crippen LogP contribution in [0, 0.1) is 10.8 Å². The molecule has 2 N–H and O–H groups in total. The van der Waals surface area contributed by atoms with Crippen LogP contribution < -0.4 is 0 Å². The number of esters is 2. The molecule has 10 heteroatoms. The second-order valence-electron chi connectivity index (χ2n) is 12.5. The Bertz CT molecular complexity index is 1050. The van der Waals surface area contributed by atoms with Crippen molar-refractivity contribution in [1.82, 2.24) is 4.90 Å². The Kier molecular flexibility index (Phi) is 7.94. The minimum Gasteiger partial charge on any atom is -0.454 e. The molecule has 2 heterocycles. The van der Waals surface area contributed by atoms with Crippen molar-refractivity contribution >= 4 is 17.7 Å². The average molecular weight is 550 g/mol. The number of hydrogen-bond acceptors (Lipinski definition) is 10. The van der Waals surface area contributed by atoms with Gasteiger partial charge in [-0.1, -0.05) is 25.5 Å². The number of aliphatic hydroxyl groups excluding tert-OH is 1. The van der Waals surface area contributed by atoms with Crippen LogP contribution in [0.1, 0.15) is 60.3 Å². The highest BCUT2D eigenvalue weighted by Crippen LogP contribution is 2.64. The molecule has 39 heavy (non-hydrogen) atoms. The van der Waals surface area contributed by atoms with Crippen molar-refractivity contribution < 1.29 is 43.5 Å². The van der Waals surface area contributed by atoms with Crippen LogP contribution in [0.4, 0.5) is 0 Å². The van der Waals surface area contributed by atoms with E-state index in [1.165, 1.54) is 13.0 Å². The number of Topliss-reactive ketones (excluding diaryl/α,β-unsaturated/α-hetero) is 1. The van der Waals surface area contributed by atoms with Gasteiger partial charge in [-0.25, -0.2) is 4.79 Å². The molecule has 10 nitrogen and oxygen atoms in total. The summed E-state index contributed by atoms with van der Waals surface area (Å²) in [4.78, 5) is 41.2. The molecule has 1 saturated carbocycles. The lowest BCUT2D eigenvalue weighted by molar-refractivity contribution is -0.305. The molecule has 2 saturated heterocycles. The second-order valence-corrected chi connectivity index (χ2v) is 12.5. The van der Waals surface area contributed by atoms with Gasteiger partial charge in [-0.3, -0.25) is 14.5 Å². The van der Waals surface area contributed by atoms with Crippen molar-refractivity contribution in [2.45, 2.75) is 89.3 Å². The zero-order chi connectivity index (χ0) is 28.9. The van der Waals surface area contributed by atoms with Crippen molar-refractivity contribution in [2.24, 2.45) is 10.8 Å². The van der Waals surface area contributed by atoms with E-state index in [4.69, 9.17) is 18.9 Å². The first-order chi connectivity index (χ1) is 18.1. The number of ether oxygens (including phenoxy) is 4. The van der Waals surface area contributed by atoms with Gasteiger partial charge >= 0.3 is 11.9 Å². The number of aliphatic hydroxyl groups is 2.